The van der Waals surface area contributed by atoms with E-state index in [2.05, 4.69) is 10.6 Å². The summed E-state index contributed by atoms with van der Waals surface area (Å²) in [5, 5.41) is 5.23. The summed E-state index contributed by atoms with van der Waals surface area (Å²) in [7, 11) is 0. The number of nitrogens with one attached hydrogen (secondary N) is 2. The third-order valence-corrected chi connectivity index (χ3v) is 2.66. The van der Waals surface area contributed by atoms with Crippen molar-refractivity contribution in [1.29, 1.82) is 0 Å². The third kappa shape index (κ3) is 3.71. The standard InChI is InChI=1S/C15H16N2O3/c1-10-6-11(2)8-12(7-10)17-14(18)9-16-15(19)13-4-3-5-20-13/h3-8H,9H2,1-2H3,(H,16,19)(H,17,18). The van der Waals surface area contributed by atoms with E-state index in [1.54, 1.807) is 6.07 Å². The second-order valence-electron chi connectivity index (χ2n) is 4.58. The molecule has 2 amide bonds. The van der Waals surface area contributed by atoms with E-state index in [9.17, 15) is 9.59 Å². The molecule has 0 saturated carbocycles. The molecule has 5 nitrogen and oxygen atoms in total. The Hall–Kier alpha value is -2.56. The van der Waals surface area contributed by atoms with Crippen LogP contribution in [0.5, 0.6) is 0 Å². The van der Waals surface area contributed by atoms with Gasteiger partial charge in [-0.05, 0) is 49.2 Å². The van der Waals surface area contributed by atoms with Crippen molar-refractivity contribution in [1.82, 2.24) is 5.32 Å². The monoisotopic (exact) mass is 272 g/mol. The lowest BCUT2D eigenvalue weighted by atomic mass is 10.1. The number of furan rings is 1. The quantitative estimate of drug-likeness (QED) is 0.896. The van der Waals surface area contributed by atoms with Gasteiger partial charge < -0.3 is 15.1 Å². The number of aryl methyl sites for hydroxylation is 2. The van der Waals surface area contributed by atoms with Gasteiger partial charge in [-0.25, -0.2) is 0 Å². The van der Waals surface area contributed by atoms with Crippen molar-refractivity contribution in [2.75, 3.05) is 11.9 Å². The van der Waals surface area contributed by atoms with Gasteiger partial charge in [0.05, 0.1) is 12.8 Å². The van der Waals surface area contributed by atoms with E-state index in [-0.39, 0.29) is 18.2 Å². The van der Waals surface area contributed by atoms with Crippen molar-refractivity contribution in [2.24, 2.45) is 0 Å². The zero-order chi connectivity index (χ0) is 14.5. The van der Waals surface area contributed by atoms with Crippen LogP contribution in [-0.2, 0) is 4.79 Å². The first-order valence-corrected chi connectivity index (χ1v) is 6.24. The van der Waals surface area contributed by atoms with E-state index in [4.69, 9.17) is 4.42 Å². The summed E-state index contributed by atoms with van der Waals surface area (Å²) in [5.41, 5.74) is 2.86. The number of rotatable bonds is 4. The Labute approximate surface area is 117 Å². The smallest absolute Gasteiger partial charge is 0.287 e. The predicted octanol–water partition coefficient (Wildman–Crippen LogP) is 2.26. The van der Waals surface area contributed by atoms with E-state index in [1.807, 2.05) is 32.0 Å². The average Bonchev–Trinajstić information content (AvgIpc) is 2.88. The fourth-order valence-corrected chi connectivity index (χ4v) is 1.91. The van der Waals surface area contributed by atoms with Crippen LogP contribution in [0.25, 0.3) is 0 Å². The van der Waals surface area contributed by atoms with Crippen LogP contribution < -0.4 is 10.6 Å². The number of benzene rings is 1. The summed E-state index contributed by atoms with van der Waals surface area (Å²) in [5.74, 6) is -0.510. The van der Waals surface area contributed by atoms with Crippen LogP contribution in [0.4, 0.5) is 5.69 Å². The number of hydrogen-bond donors (Lipinski definition) is 2. The van der Waals surface area contributed by atoms with Crippen LogP contribution in [0.15, 0.2) is 41.0 Å². The molecular formula is C15H16N2O3. The van der Waals surface area contributed by atoms with Crippen molar-refractivity contribution < 1.29 is 14.0 Å². The SMILES string of the molecule is Cc1cc(C)cc(NC(=O)CNC(=O)c2ccco2)c1. The zero-order valence-corrected chi connectivity index (χ0v) is 11.4. The minimum atomic E-state index is -0.412. The molecule has 2 N–H and O–H groups in total. The van der Waals surface area contributed by atoms with Gasteiger partial charge in [0.15, 0.2) is 5.76 Å². The molecule has 104 valence electrons. The highest BCUT2D eigenvalue weighted by Gasteiger charge is 2.10. The second kappa shape index (κ2) is 6.06. The predicted molar refractivity (Wildman–Crippen MR) is 75.6 cm³/mol. The number of carbonyl (C=O) groups is 2. The molecule has 0 bridgehead atoms. The molecule has 0 atom stereocenters. The Balaban J connectivity index is 1.88. The Morgan fingerprint density at radius 3 is 2.45 bits per heavy atom. The molecule has 20 heavy (non-hydrogen) atoms. The minimum absolute atomic E-state index is 0.105. The number of amides is 2. The maximum atomic E-state index is 11.8. The van der Waals surface area contributed by atoms with Gasteiger partial charge >= 0.3 is 0 Å². The Morgan fingerprint density at radius 2 is 1.85 bits per heavy atom. The van der Waals surface area contributed by atoms with E-state index in [1.165, 1.54) is 12.3 Å². The van der Waals surface area contributed by atoms with Crippen LogP contribution in [0, 0.1) is 13.8 Å². The molecule has 0 unspecified atom stereocenters. The first-order chi connectivity index (χ1) is 9.54. The normalized spacial score (nSPS) is 10.1. The third-order valence-electron chi connectivity index (χ3n) is 2.66. The molecule has 2 rings (SSSR count). The molecule has 0 radical (unpaired) electrons. The molecule has 0 aliphatic rings. The molecule has 1 heterocycles. The van der Waals surface area contributed by atoms with Crippen molar-refractivity contribution >= 4 is 17.5 Å². The van der Waals surface area contributed by atoms with Gasteiger partial charge in [-0.3, -0.25) is 9.59 Å². The van der Waals surface area contributed by atoms with Gasteiger partial charge in [-0.15, -0.1) is 0 Å². The number of anilines is 1. The highest BCUT2D eigenvalue weighted by atomic mass is 16.3. The van der Waals surface area contributed by atoms with Gasteiger partial charge in [0.1, 0.15) is 0 Å². The summed E-state index contributed by atoms with van der Waals surface area (Å²) in [6.45, 7) is 3.81. The van der Waals surface area contributed by atoms with Gasteiger partial charge in [-0.1, -0.05) is 6.07 Å². The second-order valence-corrected chi connectivity index (χ2v) is 4.58. The lowest BCUT2D eigenvalue weighted by molar-refractivity contribution is -0.115. The minimum Gasteiger partial charge on any atom is -0.459 e. The molecule has 0 aliphatic heterocycles. The van der Waals surface area contributed by atoms with E-state index in [0.29, 0.717) is 0 Å². The summed E-state index contributed by atoms with van der Waals surface area (Å²) in [6.07, 6.45) is 1.41. The van der Waals surface area contributed by atoms with Crippen LogP contribution in [0.3, 0.4) is 0 Å². The van der Waals surface area contributed by atoms with Crippen LogP contribution in [0.2, 0.25) is 0 Å². The Kier molecular flexibility index (Phi) is 4.20. The highest BCUT2D eigenvalue weighted by molar-refractivity contribution is 5.98. The van der Waals surface area contributed by atoms with Crippen LogP contribution >= 0.6 is 0 Å². The molecule has 0 aliphatic carbocycles. The molecule has 0 spiro atoms. The van der Waals surface area contributed by atoms with E-state index >= 15 is 0 Å². The molecule has 0 fully saturated rings. The maximum absolute atomic E-state index is 11.8. The summed E-state index contributed by atoms with van der Waals surface area (Å²) in [4.78, 5) is 23.3. The molecule has 1 aromatic heterocycles. The lowest BCUT2D eigenvalue weighted by Gasteiger charge is -2.08. The maximum Gasteiger partial charge on any atom is 0.287 e. The van der Waals surface area contributed by atoms with Gasteiger partial charge in [-0.2, -0.15) is 0 Å². The molecule has 5 heteroatoms. The summed E-state index contributed by atoms with van der Waals surface area (Å²) in [6, 6.07) is 8.93. The van der Waals surface area contributed by atoms with Gasteiger partial charge in [0.25, 0.3) is 5.91 Å². The number of hydrogen-bond acceptors (Lipinski definition) is 3. The summed E-state index contributed by atoms with van der Waals surface area (Å²) < 4.78 is 4.93. The first-order valence-electron chi connectivity index (χ1n) is 6.24. The largest absolute Gasteiger partial charge is 0.459 e. The van der Waals surface area contributed by atoms with Crippen LogP contribution in [-0.4, -0.2) is 18.4 Å². The molecular weight excluding hydrogens is 256 g/mol. The number of carbonyl (C=O) groups excluding carboxylic acids is 2. The van der Waals surface area contributed by atoms with Crippen molar-refractivity contribution in [2.45, 2.75) is 13.8 Å². The van der Waals surface area contributed by atoms with Crippen molar-refractivity contribution in [3.63, 3.8) is 0 Å². The topological polar surface area (TPSA) is 71.3 Å². The fraction of sp³-hybridized carbons (Fsp3) is 0.200. The van der Waals surface area contributed by atoms with E-state index in [0.717, 1.165) is 16.8 Å². The van der Waals surface area contributed by atoms with E-state index < -0.39 is 5.91 Å². The molecule has 0 saturated heterocycles. The Bertz CT molecular complexity index is 598. The first kappa shape index (κ1) is 13.9. The van der Waals surface area contributed by atoms with Crippen molar-refractivity contribution in [3.8, 4) is 0 Å². The summed E-state index contributed by atoms with van der Waals surface area (Å²) >= 11 is 0. The molecule has 2 aromatic rings. The highest BCUT2D eigenvalue weighted by Crippen LogP contribution is 2.13. The lowest BCUT2D eigenvalue weighted by Crippen LogP contribution is -2.32. The fourth-order valence-electron chi connectivity index (χ4n) is 1.91. The Morgan fingerprint density at radius 1 is 1.15 bits per heavy atom. The zero-order valence-electron chi connectivity index (χ0n) is 11.4. The van der Waals surface area contributed by atoms with Crippen LogP contribution in [0.1, 0.15) is 21.7 Å². The molecule has 1 aromatic carbocycles. The van der Waals surface area contributed by atoms with Gasteiger partial charge in [0, 0.05) is 5.69 Å². The van der Waals surface area contributed by atoms with Crippen molar-refractivity contribution in [3.05, 3.63) is 53.5 Å². The van der Waals surface area contributed by atoms with Gasteiger partial charge in [0.2, 0.25) is 5.91 Å². The average molecular weight is 272 g/mol.